The Morgan fingerprint density at radius 2 is 2.14 bits per heavy atom. The van der Waals surface area contributed by atoms with E-state index in [0.717, 1.165) is 10.7 Å². The second kappa shape index (κ2) is 6.18. The maximum atomic E-state index is 12.4. The number of aliphatic hydroxyl groups excluding tert-OH is 1. The first-order valence-electron chi connectivity index (χ1n) is 7.18. The van der Waals surface area contributed by atoms with Gasteiger partial charge in [0.2, 0.25) is 0 Å². The molecule has 2 aliphatic heterocycles. The molecule has 2 saturated heterocycles. The Balaban J connectivity index is 1.56. The van der Waals surface area contributed by atoms with Gasteiger partial charge in [-0.2, -0.15) is 11.8 Å². The average molecular weight is 322 g/mol. The fraction of sp³-hybridized carbons (Fsp3) is 0.467. The normalized spacial score (nSPS) is 25.6. The van der Waals surface area contributed by atoms with Gasteiger partial charge in [0.05, 0.1) is 6.54 Å². The van der Waals surface area contributed by atoms with E-state index in [9.17, 15) is 14.7 Å². The number of para-hydroxylation sites is 1. The van der Waals surface area contributed by atoms with Crippen LogP contribution in [0.3, 0.4) is 0 Å². The van der Waals surface area contributed by atoms with Gasteiger partial charge in [0.1, 0.15) is 24.0 Å². The first kappa shape index (κ1) is 15.2. The van der Waals surface area contributed by atoms with Crippen LogP contribution in [0.1, 0.15) is 6.42 Å². The van der Waals surface area contributed by atoms with Gasteiger partial charge in [0.15, 0.2) is 0 Å². The molecule has 2 aliphatic rings. The van der Waals surface area contributed by atoms with Crippen molar-refractivity contribution in [3.05, 3.63) is 30.3 Å². The summed E-state index contributed by atoms with van der Waals surface area (Å²) in [5.74, 6) is 1.87. The van der Waals surface area contributed by atoms with E-state index in [-0.39, 0.29) is 19.1 Å². The number of nitrogens with one attached hydrogen (secondary N) is 1. The summed E-state index contributed by atoms with van der Waals surface area (Å²) in [5, 5.41) is 12.8. The van der Waals surface area contributed by atoms with Gasteiger partial charge in [0, 0.05) is 5.75 Å². The Morgan fingerprint density at radius 1 is 1.36 bits per heavy atom. The molecule has 1 aromatic rings. The summed E-state index contributed by atoms with van der Waals surface area (Å²) >= 11 is 1.66. The summed E-state index contributed by atoms with van der Waals surface area (Å²) in [6.45, 7) is -0.0211. The number of ether oxygens (including phenoxy) is 1. The quantitative estimate of drug-likeness (QED) is 0.786. The number of β-amino-alcohol motifs (C(OH)–C–C–N with tert-alkyl or cyclic N) is 1. The molecular weight excluding hydrogens is 304 g/mol. The first-order valence-corrected chi connectivity index (χ1v) is 8.34. The fourth-order valence-electron chi connectivity index (χ4n) is 2.65. The van der Waals surface area contributed by atoms with Crippen molar-refractivity contribution in [2.45, 2.75) is 18.1 Å². The van der Waals surface area contributed by atoms with Gasteiger partial charge < -0.3 is 15.2 Å². The average Bonchev–Trinajstić information content (AvgIpc) is 3.08. The molecule has 3 amide bonds. The summed E-state index contributed by atoms with van der Waals surface area (Å²) < 4.78 is 5.44. The van der Waals surface area contributed by atoms with Crippen LogP contribution in [0.2, 0.25) is 0 Å². The number of benzene rings is 1. The number of amides is 3. The first-order chi connectivity index (χ1) is 10.6. The molecule has 1 spiro atoms. The minimum absolute atomic E-state index is 0.0306. The highest BCUT2D eigenvalue weighted by Gasteiger charge is 2.53. The predicted octanol–water partition coefficient (Wildman–Crippen LogP) is 0.854. The summed E-state index contributed by atoms with van der Waals surface area (Å²) in [4.78, 5) is 25.5. The molecule has 1 aromatic carbocycles. The van der Waals surface area contributed by atoms with Gasteiger partial charge in [-0.3, -0.25) is 9.69 Å². The summed E-state index contributed by atoms with van der Waals surface area (Å²) in [5.41, 5.74) is -0.762. The SMILES string of the molecule is O=C1N[C@]2(CCSC2)C(=O)N1C[C@@H](O)COc1ccccc1. The van der Waals surface area contributed by atoms with Gasteiger partial charge in [0.25, 0.3) is 5.91 Å². The van der Waals surface area contributed by atoms with Gasteiger partial charge in [-0.25, -0.2) is 4.79 Å². The van der Waals surface area contributed by atoms with E-state index in [2.05, 4.69) is 5.32 Å². The van der Waals surface area contributed by atoms with Gasteiger partial charge in [-0.15, -0.1) is 0 Å². The summed E-state index contributed by atoms with van der Waals surface area (Å²) in [6, 6.07) is 8.68. The maximum Gasteiger partial charge on any atom is 0.325 e. The molecule has 7 heteroatoms. The summed E-state index contributed by atoms with van der Waals surface area (Å²) in [6.07, 6.45) is -0.269. The molecule has 3 rings (SSSR count). The number of rotatable bonds is 5. The summed E-state index contributed by atoms with van der Waals surface area (Å²) in [7, 11) is 0. The van der Waals surface area contributed by atoms with E-state index in [1.54, 1.807) is 23.9 Å². The van der Waals surface area contributed by atoms with Crippen molar-refractivity contribution in [2.75, 3.05) is 24.7 Å². The number of hydrogen-bond acceptors (Lipinski definition) is 5. The lowest BCUT2D eigenvalue weighted by atomic mass is 9.99. The third-order valence-corrected chi connectivity index (χ3v) is 5.04. The van der Waals surface area contributed by atoms with E-state index in [1.807, 2.05) is 18.2 Å². The van der Waals surface area contributed by atoms with E-state index >= 15 is 0 Å². The third-order valence-electron chi connectivity index (χ3n) is 3.85. The lowest BCUT2D eigenvalue weighted by molar-refractivity contribution is -0.131. The second-order valence-electron chi connectivity index (χ2n) is 5.51. The predicted molar refractivity (Wildman–Crippen MR) is 82.9 cm³/mol. The largest absolute Gasteiger partial charge is 0.491 e. The van der Waals surface area contributed by atoms with Crippen LogP contribution in [0, 0.1) is 0 Å². The molecule has 0 aliphatic carbocycles. The minimum atomic E-state index is -0.917. The van der Waals surface area contributed by atoms with Gasteiger partial charge in [-0.05, 0) is 24.3 Å². The zero-order valence-electron chi connectivity index (χ0n) is 12.0. The van der Waals surface area contributed by atoms with E-state index in [4.69, 9.17) is 4.74 Å². The van der Waals surface area contributed by atoms with Crippen molar-refractivity contribution in [3.63, 3.8) is 0 Å². The topological polar surface area (TPSA) is 78.9 Å². The molecule has 6 nitrogen and oxygen atoms in total. The zero-order valence-corrected chi connectivity index (χ0v) is 12.8. The molecule has 22 heavy (non-hydrogen) atoms. The number of aliphatic hydroxyl groups is 1. The van der Waals surface area contributed by atoms with Gasteiger partial charge >= 0.3 is 6.03 Å². The van der Waals surface area contributed by atoms with Crippen molar-refractivity contribution >= 4 is 23.7 Å². The Hall–Kier alpha value is -1.73. The van der Waals surface area contributed by atoms with E-state index < -0.39 is 17.7 Å². The highest BCUT2D eigenvalue weighted by molar-refractivity contribution is 7.99. The number of imide groups is 1. The molecule has 2 N–H and O–H groups in total. The Morgan fingerprint density at radius 3 is 2.82 bits per heavy atom. The highest BCUT2D eigenvalue weighted by Crippen LogP contribution is 2.33. The van der Waals surface area contributed by atoms with Crippen LogP contribution in [-0.4, -0.2) is 58.2 Å². The van der Waals surface area contributed by atoms with Crippen LogP contribution in [-0.2, 0) is 4.79 Å². The van der Waals surface area contributed by atoms with Crippen LogP contribution in [0.15, 0.2) is 30.3 Å². The molecule has 2 heterocycles. The number of nitrogens with zero attached hydrogens (tertiary/aromatic N) is 1. The lowest BCUT2D eigenvalue weighted by Gasteiger charge is -2.21. The maximum absolute atomic E-state index is 12.4. The van der Waals surface area contributed by atoms with Crippen LogP contribution in [0.5, 0.6) is 5.75 Å². The highest BCUT2D eigenvalue weighted by atomic mass is 32.2. The van der Waals surface area contributed by atoms with Crippen molar-refractivity contribution < 1.29 is 19.4 Å². The Bertz CT molecular complexity index is 560. The molecule has 2 atom stereocenters. The van der Waals surface area contributed by atoms with Crippen LogP contribution < -0.4 is 10.1 Å². The second-order valence-corrected chi connectivity index (χ2v) is 6.61. The van der Waals surface area contributed by atoms with Crippen molar-refractivity contribution in [2.24, 2.45) is 0 Å². The van der Waals surface area contributed by atoms with Crippen molar-refractivity contribution in [3.8, 4) is 5.75 Å². The fourth-order valence-corrected chi connectivity index (χ4v) is 3.97. The number of carbonyl (C=O) groups excluding carboxylic acids is 2. The Labute approximate surface area is 132 Å². The Kier molecular flexibility index (Phi) is 4.26. The molecular formula is C15H18N2O4S. The van der Waals surface area contributed by atoms with Crippen molar-refractivity contribution in [1.82, 2.24) is 10.2 Å². The standard InChI is InChI=1S/C15H18N2O4S/c18-11(9-21-12-4-2-1-3-5-12)8-17-13(19)15(16-14(17)20)6-7-22-10-15/h1-5,11,18H,6-10H2,(H,16,20)/t11-,15+/m1/s1. The number of urea groups is 1. The van der Waals surface area contributed by atoms with E-state index in [0.29, 0.717) is 17.9 Å². The molecule has 0 aromatic heterocycles. The van der Waals surface area contributed by atoms with Crippen molar-refractivity contribution in [1.29, 1.82) is 0 Å². The third kappa shape index (κ3) is 2.91. The van der Waals surface area contributed by atoms with Crippen LogP contribution >= 0.6 is 11.8 Å². The van der Waals surface area contributed by atoms with E-state index in [1.165, 1.54) is 0 Å². The molecule has 2 fully saturated rings. The smallest absolute Gasteiger partial charge is 0.325 e. The van der Waals surface area contributed by atoms with Crippen LogP contribution in [0.25, 0.3) is 0 Å². The number of carbonyl (C=O) groups is 2. The molecule has 0 radical (unpaired) electrons. The minimum Gasteiger partial charge on any atom is -0.491 e. The number of thioether (sulfide) groups is 1. The molecule has 118 valence electrons. The zero-order chi connectivity index (χ0) is 15.6. The number of hydrogen-bond donors (Lipinski definition) is 2. The van der Waals surface area contributed by atoms with Gasteiger partial charge in [-0.1, -0.05) is 18.2 Å². The molecule has 0 bridgehead atoms. The molecule has 0 saturated carbocycles. The van der Waals surface area contributed by atoms with Crippen LogP contribution in [0.4, 0.5) is 4.79 Å². The molecule has 0 unspecified atom stereocenters. The lowest BCUT2D eigenvalue weighted by Crippen LogP contribution is -2.47. The monoisotopic (exact) mass is 322 g/mol.